The van der Waals surface area contributed by atoms with E-state index >= 15 is 0 Å². The first-order valence-corrected chi connectivity index (χ1v) is 4.25. The number of nitrogens with two attached hydrogens (primary N) is 1. The number of aromatic nitrogens is 3. The third-order valence-electron chi connectivity index (χ3n) is 1.43. The second-order valence-electron chi connectivity index (χ2n) is 2.57. The van der Waals surface area contributed by atoms with Crippen LogP contribution in [0, 0.1) is 0 Å². The Bertz CT molecular complexity index is 243. The van der Waals surface area contributed by atoms with Crippen molar-refractivity contribution in [3.8, 4) is 0 Å². The molecule has 0 saturated heterocycles. The van der Waals surface area contributed by atoms with Crippen LogP contribution in [0.5, 0.6) is 0 Å². The Morgan fingerprint density at radius 3 is 2.64 bits per heavy atom. The molecule has 0 aliphatic rings. The van der Waals surface area contributed by atoms with Gasteiger partial charge in [-0.3, -0.25) is 0 Å². The van der Waals surface area contributed by atoms with Gasteiger partial charge in [0, 0.05) is 12.6 Å². The lowest BCUT2D eigenvalue weighted by molar-refractivity contribution is 0.494. The van der Waals surface area contributed by atoms with E-state index in [4.69, 9.17) is 5.73 Å². The highest BCUT2D eigenvalue weighted by Crippen LogP contribution is 2.15. The summed E-state index contributed by atoms with van der Waals surface area (Å²) in [5.41, 5.74) is 6.45. The first-order valence-electron chi connectivity index (χ1n) is 3.46. The summed E-state index contributed by atoms with van der Waals surface area (Å²) in [6.45, 7) is 4.55. The van der Waals surface area contributed by atoms with Crippen LogP contribution >= 0.6 is 15.9 Å². The highest BCUT2D eigenvalue weighted by atomic mass is 79.9. The van der Waals surface area contributed by atoms with Gasteiger partial charge in [-0.15, -0.1) is 5.10 Å². The normalized spacial score (nSPS) is 11.0. The molecule has 0 fully saturated rings. The fourth-order valence-electron chi connectivity index (χ4n) is 0.886. The summed E-state index contributed by atoms with van der Waals surface area (Å²) in [4.78, 5) is 0. The minimum absolute atomic E-state index is 0.312. The van der Waals surface area contributed by atoms with Gasteiger partial charge in [0.1, 0.15) is 0 Å². The lowest BCUT2D eigenvalue weighted by Gasteiger charge is -2.07. The molecule has 1 aromatic heterocycles. The maximum absolute atomic E-state index is 5.50. The van der Waals surface area contributed by atoms with Crippen molar-refractivity contribution in [3.63, 3.8) is 0 Å². The quantitative estimate of drug-likeness (QED) is 0.809. The summed E-state index contributed by atoms with van der Waals surface area (Å²) in [5.74, 6) is 0. The Balaban J connectivity index is 3.05. The van der Waals surface area contributed by atoms with Crippen LogP contribution in [0.2, 0.25) is 0 Å². The molecule has 1 rings (SSSR count). The molecule has 0 saturated carbocycles. The number of halogens is 1. The Hall–Kier alpha value is -0.420. The van der Waals surface area contributed by atoms with E-state index in [0.29, 0.717) is 12.6 Å². The van der Waals surface area contributed by atoms with Crippen molar-refractivity contribution >= 4 is 15.9 Å². The summed E-state index contributed by atoms with van der Waals surface area (Å²) in [5, 5.41) is 7.78. The van der Waals surface area contributed by atoms with Crippen LogP contribution in [0.3, 0.4) is 0 Å². The van der Waals surface area contributed by atoms with Crippen LogP contribution in [-0.4, -0.2) is 15.0 Å². The largest absolute Gasteiger partial charge is 0.325 e. The number of rotatable bonds is 2. The second kappa shape index (κ2) is 3.32. The minimum Gasteiger partial charge on any atom is -0.325 e. The first kappa shape index (κ1) is 8.67. The smallest absolute Gasteiger partial charge is 0.152 e. The van der Waals surface area contributed by atoms with E-state index in [1.165, 1.54) is 0 Å². The molecule has 1 heterocycles. The van der Waals surface area contributed by atoms with Gasteiger partial charge in [-0.2, -0.15) is 0 Å². The van der Waals surface area contributed by atoms with E-state index in [1.807, 2.05) is 18.5 Å². The third-order valence-corrected chi connectivity index (χ3v) is 2.04. The van der Waals surface area contributed by atoms with E-state index in [1.54, 1.807) is 0 Å². The van der Waals surface area contributed by atoms with Crippen molar-refractivity contribution in [3.05, 3.63) is 10.3 Å². The number of nitrogens with zero attached hydrogens (tertiary/aromatic N) is 3. The standard InChI is InChI=1S/C6H11BrN4/c1-4(2)11-5(3-8)6(7)9-10-11/h4H,3,8H2,1-2H3. The van der Waals surface area contributed by atoms with Gasteiger partial charge in [0.05, 0.1) is 5.69 Å². The molecule has 0 atom stereocenters. The highest BCUT2D eigenvalue weighted by molar-refractivity contribution is 9.10. The van der Waals surface area contributed by atoms with Crippen molar-refractivity contribution in [1.82, 2.24) is 15.0 Å². The number of hydrogen-bond donors (Lipinski definition) is 1. The molecule has 0 unspecified atom stereocenters. The van der Waals surface area contributed by atoms with E-state index < -0.39 is 0 Å². The lowest BCUT2D eigenvalue weighted by Crippen LogP contribution is -2.11. The summed E-state index contributed by atoms with van der Waals surface area (Å²) in [7, 11) is 0. The topological polar surface area (TPSA) is 56.7 Å². The van der Waals surface area contributed by atoms with Gasteiger partial charge in [0.2, 0.25) is 0 Å². The predicted octanol–water partition coefficient (Wildman–Crippen LogP) is 1.08. The average Bonchev–Trinajstić information content (AvgIpc) is 2.30. The molecule has 0 spiro atoms. The lowest BCUT2D eigenvalue weighted by atomic mass is 10.3. The Morgan fingerprint density at radius 2 is 2.27 bits per heavy atom. The Morgan fingerprint density at radius 1 is 1.64 bits per heavy atom. The molecule has 11 heavy (non-hydrogen) atoms. The zero-order valence-corrected chi connectivity index (χ0v) is 8.17. The maximum Gasteiger partial charge on any atom is 0.152 e. The average molecular weight is 219 g/mol. The molecule has 62 valence electrons. The summed E-state index contributed by atoms with van der Waals surface area (Å²) in [6, 6.07) is 0.312. The zero-order valence-electron chi connectivity index (χ0n) is 6.58. The van der Waals surface area contributed by atoms with Crippen LogP contribution in [0.25, 0.3) is 0 Å². The molecule has 0 bridgehead atoms. The summed E-state index contributed by atoms with van der Waals surface area (Å²) in [6.07, 6.45) is 0. The molecular formula is C6H11BrN4. The molecule has 0 aliphatic heterocycles. The third kappa shape index (κ3) is 1.59. The van der Waals surface area contributed by atoms with Gasteiger partial charge < -0.3 is 5.73 Å². The molecular weight excluding hydrogens is 208 g/mol. The SMILES string of the molecule is CC(C)n1nnc(Br)c1CN. The van der Waals surface area contributed by atoms with Gasteiger partial charge >= 0.3 is 0 Å². The number of hydrogen-bond acceptors (Lipinski definition) is 3. The van der Waals surface area contributed by atoms with E-state index in [2.05, 4.69) is 26.2 Å². The van der Waals surface area contributed by atoms with Crippen molar-refractivity contribution in [2.24, 2.45) is 5.73 Å². The van der Waals surface area contributed by atoms with Gasteiger partial charge in [0.25, 0.3) is 0 Å². The van der Waals surface area contributed by atoms with Crippen molar-refractivity contribution in [1.29, 1.82) is 0 Å². The maximum atomic E-state index is 5.50. The van der Waals surface area contributed by atoms with Gasteiger partial charge in [-0.05, 0) is 29.8 Å². The highest BCUT2D eigenvalue weighted by Gasteiger charge is 2.10. The van der Waals surface area contributed by atoms with Crippen molar-refractivity contribution < 1.29 is 0 Å². The molecule has 0 amide bonds. The zero-order chi connectivity index (χ0) is 8.43. The van der Waals surface area contributed by atoms with E-state index in [0.717, 1.165) is 10.3 Å². The van der Waals surface area contributed by atoms with Gasteiger partial charge in [-0.25, -0.2) is 4.68 Å². The van der Waals surface area contributed by atoms with Crippen LogP contribution in [0.4, 0.5) is 0 Å². The fraction of sp³-hybridized carbons (Fsp3) is 0.667. The minimum atomic E-state index is 0.312. The van der Waals surface area contributed by atoms with Crippen molar-refractivity contribution in [2.75, 3.05) is 0 Å². The van der Waals surface area contributed by atoms with Crippen LogP contribution in [0.1, 0.15) is 25.6 Å². The molecule has 0 aromatic carbocycles. The monoisotopic (exact) mass is 218 g/mol. The Labute approximate surface area is 73.9 Å². The molecule has 0 aliphatic carbocycles. The van der Waals surface area contributed by atoms with Crippen LogP contribution in [0.15, 0.2) is 4.60 Å². The van der Waals surface area contributed by atoms with Crippen LogP contribution in [-0.2, 0) is 6.54 Å². The fourth-order valence-corrected chi connectivity index (χ4v) is 1.30. The molecule has 1 aromatic rings. The van der Waals surface area contributed by atoms with E-state index in [-0.39, 0.29) is 0 Å². The molecule has 0 radical (unpaired) electrons. The summed E-state index contributed by atoms with van der Waals surface area (Å²) < 4.78 is 2.55. The first-order chi connectivity index (χ1) is 5.16. The predicted molar refractivity (Wildman–Crippen MR) is 46.0 cm³/mol. The molecule has 2 N–H and O–H groups in total. The van der Waals surface area contributed by atoms with Gasteiger partial charge in [0.15, 0.2) is 4.60 Å². The van der Waals surface area contributed by atoms with Crippen LogP contribution < -0.4 is 5.73 Å². The summed E-state index contributed by atoms with van der Waals surface area (Å²) >= 11 is 3.27. The van der Waals surface area contributed by atoms with Gasteiger partial charge in [-0.1, -0.05) is 5.21 Å². The van der Waals surface area contributed by atoms with E-state index in [9.17, 15) is 0 Å². The molecule has 4 nitrogen and oxygen atoms in total. The Kier molecular flexibility index (Phi) is 2.62. The molecule has 5 heteroatoms. The van der Waals surface area contributed by atoms with Crippen molar-refractivity contribution in [2.45, 2.75) is 26.4 Å². The second-order valence-corrected chi connectivity index (χ2v) is 3.32.